The number of piperidine rings is 2. The number of nitrogens with zero attached hydrogens (tertiary/aromatic N) is 3. The molecule has 1 atom stereocenters. The van der Waals surface area contributed by atoms with Gasteiger partial charge in [0.15, 0.2) is 0 Å². The van der Waals surface area contributed by atoms with Crippen LogP contribution in [0.5, 0.6) is 0 Å². The number of aryl methyl sites for hydroxylation is 1. The Hall–Kier alpha value is -2.11. The van der Waals surface area contributed by atoms with Gasteiger partial charge in [0, 0.05) is 62.7 Å². The van der Waals surface area contributed by atoms with Crippen molar-refractivity contribution in [1.29, 1.82) is 0 Å². The van der Waals surface area contributed by atoms with E-state index in [1.807, 2.05) is 29.7 Å². The third-order valence-corrected chi connectivity index (χ3v) is 5.96. The lowest BCUT2D eigenvalue weighted by Gasteiger charge is -2.48. The van der Waals surface area contributed by atoms with Crippen molar-refractivity contribution in [1.82, 2.24) is 14.4 Å². The van der Waals surface area contributed by atoms with Gasteiger partial charge in [-0.25, -0.2) is 0 Å². The Morgan fingerprint density at radius 2 is 2.00 bits per heavy atom. The van der Waals surface area contributed by atoms with Gasteiger partial charge in [0.2, 0.25) is 11.8 Å². The molecule has 26 heavy (non-hydrogen) atoms. The van der Waals surface area contributed by atoms with Gasteiger partial charge in [-0.1, -0.05) is 6.07 Å². The van der Waals surface area contributed by atoms with Crippen molar-refractivity contribution < 1.29 is 9.59 Å². The van der Waals surface area contributed by atoms with E-state index in [2.05, 4.69) is 0 Å². The number of pyridine rings is 1. The summed E-state index contributed by atoms with van der Waals surface area (Å²) < 4.78 is 1.66. The lowest BCUT2D eigenvalue weighted by molar-refractivity contribution is -0.142. The smallest absolute Gasteiger partial charge is 0.250 e. The largest absolute Gasteiger partial charge is 0.342 e. The van der Waals surface area contributed by atoms with E-state index in [-0.39, 0.29) is 22.8 Å². The highest BCUT2D eigenvalue weighted by atomic mass is 16.2. The Bertz CT molecular complexity index is 742. The van der Waals surface area contributed by atoms with Crippen LogP contribution in [-0.2, 0) is 16.1 Å². The van der Waals surface area contributed by atoms with Crippen molar-refractivity contribution in [2.24, 2.45) is 5.41 Å². The Kier molecular flexibility index (Phi) is 5.49. The zero-order valence-electron chi connectivity index (χ0n) is 15.9. The monoisotopic (exact) mass is 359 g/mol. The van der Waals surface area contributed by atoms with Gasteiger partial charge in [-0.05, 0) is 39.2 Å². The summed E-state index contributed by atoms with van der Waals surface area (Å²) in [6, 6.07) is 5.17. The fourth-order valence-electron chi connectivity index (χ4n) is 4.42. The molecule has 0 aromatic carbocycles. The summed E-state index contributed by atoms with van der Waals surface area (Å²) in [6.07, 6.45) is 3.88. The van der Waals surface area contributed by atoms with E-state index in [0.29, 0.717) is 19.4 Å². The molecule has 6 nitrogen and oxygen atoms in total. The quantitative estimate of drug-likeness (QED) is 0.823. The van der Waals surface area contributed by atoms with Crippen LogP contribution in [0.3, 0.4) is 0 Å². The van der Waals surface area contributed by atoms with Crippen LogP contribution in [0.4, 0.5) is 0 Å². The number of aromatic nitrogens is 1. The molecule has 6 heteroatoms. The number of rotatable bonds is 4. The molecule has 2 saturated heterocycles. The highest BCUT2D eigenvalue weighted by molar-refractivity contribution is 5.78. The SMILES string of the molecule is CCN1C[C@@]2(CCCN(C(=O)CCn3c(C)cccc3=O)C2)CCC1=O. The number of hydrogen-bond donors (Lipinski definition) is 0. The molecule has 0 bridgehead atoms. The molecule has 0 aliphatic carbocycles. The average molecular weight is 359 g/mol. The number of carbonyl (C=O) groups excluding carboxylic acids is 2. The molecule has 1 aromatic heterocycles. The third kappa shape index (κ3) is 3.84. The van der Waals surface area contributed by atoms with Crippen LogP contribution >= 0.6 is 0 Å². The second kappa shape index (κ2) is 7.64. The molecule has 3 rings (SSSR count). The number of hydrogen-bond acceptors (Lipinski definition) is 3. The average Bonchev–Trinajstić information content (AvgIpc) is 2.63. The zero-order chi connectivity index (χ0) is 18.7. The summed E-state index contributed by atoms with van der Waals surface area (Å²) in [5.74, 6) is 0.347. The first kappa shape index (κ1) is 18.7. The van der Waals surface area contributed by atoms with E-state index in [1.54, 1.807) is 10.6 Å². The Morgan fingerprint density at radius 3 is 2.73 bits per heavy atom. The van der Waals surface area contributed by atoms with Gasteiger partial charge in [0.1, 0.15) is 0 Å². The zero-order valence-corrected chi connectivity index (χ0v) is 15.9. The van der Waals surface area contributed by atoms with Crippen LogP contribution in [0, 0.1) is 12.3 Å². The summed E-state index contributed by atoms with van der Waals surface area (Å²) in [6.45, 7) is 7.35. The van der Waals surface area contributed by atoms with Crippen LogP contribution < -0.4 is 5.56 Å². The second-order valence-corrected chi connectivity index (χ2v) is 7.73. The van der Waals surface area contributed by atoms with Gasteiger partial charge in [0.25, 0.3) is 5.56 Å². The summed E-state index contributed by atoms with van der Waals surface area (Å²) in [7, 11) is 0. The molecular formula is C20H29N3O3. The van der Waals surface area contributed by atoms with E-state index < -0.39 is 0 Å². The standard InChI is InChI=1S/C20H29N3O3/c1-3-21-14-20(11-8-17(21)24)10-5-12-22(15-20)18(25)9-13-23-16(2)6-4-7-19(23)26/h4,6-7H,3,5,8-15H2,1-2H3/t20-/m1/s1. The molecule has 0 N–H and O–H groups in total. The fraction of sp³-hybridized carbons (Fsp3) is 0.650. The van der Waals surface area contributed by atoms with Crippen molar-refractivity contribution in [3.63, 3.8) is 0 Å². The predicted octanol–water partition coefficient (Wildman–Crippen LogP) is 1.80. The van der Waals surface area contributed by atoms with E-state index in [0.717, 1.165) is 51.1 Å². The molecule has 0 saturated carbocycles. The Balaban J connectivity index is 1.63. The lowest BCUT2D eigenvalue weighted by Crippen LogP contribution is -2.55. The van der Waals surface area contributed by atoms with Gasteiger partial charge in [0.05, 0.1) is 0 Å². The van der Waals surface area contributed by atoms with Crippen LogP contribution in [0.15, 0.2) is 23.0 Å². The molecule has 3 heterocycles. The molecule has 2 aliphatic heterocycles. The molecular weight excluding hydrogens is 330 g/mol. The van der Waals surface area contributed by atoms with Crippen molar-refractivity contribution in [2.45, 2.75) is 52.5 Å². The topological polar surface area (TPSA) is 62.6 Å². The maximum atomic E-state index is 12.8. The highest BCUT2D eigenvalue weighted by Crippen LogP contribution is 2.38. The molecule has 0 radical (unpaired) electrons. The van der Waals surface area contributed by atoms with E-state index in [9.17, 15) is 14.4 Å². The second-order valence-electron chi connectivity index (χ2n) is 7.73. The van der Waals surface area contributed by atoms with E-state index in [1.165, 1.54) is 6.07 Å². The summed E-state index contributed by atoms with van der Waals surface area (Å²) in [4.78, 5) is 40.6. The molecule has 1 aromatic rings. The summed E-state index contributed by atoms with van der Waals surface area (Å²) in [5, 5.41) is 0. The first-order chi connectivity index (χ1) is 12.4. The van der Waals surface area contributed by atoms with Crippen molar-refractivity contribution in [3.8, 4) is 0 Å². The summed E-state index contributed by atoms with van der Waals surface area (Å²) >= 11 is 0. The molecule has 0 unspecified atom stereocenters. The molecule has 1 spiro atoms. The van der Waals surface area contributed by atoms with Crippen LogP contribution in [-0.4, -0.2) is 52.4 Å². The van der Waals surface area contributed by atoms with Gasteiger partial charge in [-0.15, -0.1) is 0 Å². The minimum Gasteiger partial charge on any atom is -0.342 e. The van der Waals surface area contributed by atoms with Crippen LogP contribution in [0.1, 0.15) is 44.7 Å². The minimum atomic E-state index is -0.0581. The van der Waals surface area contributed by atoms with E-state index in [4.69, 9.17) is 0 Å². The van der Waals surface area contributed by atoms with Gasteiger partial charge in [-0.3, -0.25) is 14.4 Å². The Morgan fingerprint density at radius 1 is 1.19 bits per heavy atom. The third-order valence-electron chi connectivity index (χ3n) is 5.96. The van der Waals surface area contributed by atoms with Gasteiger partial charge >= 0.3 is 0 Å². The van der Waals surface area contributed by atoms with Crippen molar-refractivity contribution in [2.75, 3.05) is 26.2 Å². The van der Waals surface area contributed by atoms with Crippen molar-refractivity contribution in [3.05, 3.63) is 34.2 Å². The number of amides is 2. The van der Waals surface area contributed by atoms with Crippen LogP contribution in [0.2, 0.25) is 0 Å². The highest BCUT2D eigenvalue weighted by Gasteiger charge is 2.42. The fourth-order valence-corrected chi connectivity index (χ4v) is 4.42. The molecule has 2 fully saturated rings. The first-order valence-corrected chi connectivity index (χ1v) is 9.66. The maximum Gasteiger partial charge on any atom is 0.250 e. The predicted molar refractivity (Wildman–Crippen MR) is 99.8 cm³/mol. The molecule has 142 valence electrons. The van der Waals surface area contributed by atoms with Crippen molar-refractivity contribution >= 4 is 11.8 Å². The van der Waals surface area contributed by atoms with Gasteiger partial charge in [-0.2, -0.15) is 0 Å². The Labute approximate surface area is 154 Å². The molecule has 2 aliphatic rings. The summed E-state index contributed by atoms with van der Waals surface area (Å²) in [5.41, 5.74) is 0.874. The lowest BCUT2D eigenvalue weighted by atomic mass is 9.73. The first-order valence-electron chi connectivity index (χ1n) is 9.66. The minimum absolute atomic E-state index is 0.0529. The number of carbonyl (C=O) groups is 2. The number of likely N-dealkylation sites (tertiary alicyclic amines) is 2. The van der Waals surface area contributed by atoms with Crippen LogP contribution in [0.25, 0.3) is 0 Å². The maximum absolute atomic E-state index is 12.8. The van der Waals surface area contributed by atoms with Gasteiger partial charge < -0.3 is 14.4 Å². The molecule has 2 amide bonds. The normalized spacial score (nSPS) is 23.5. The van der Waals surface area contributed by atoms with E-state index >= 15 is 0 Å².